The maximum absolute atomic E-state index is 13.5. The third-order valence-corrected chi connectivity index (χ3v) is 14.8. The topological polar surface area (TPSA) is 111 Å². The molecule has 3 atom stereocenters. The van der Waals surface area contributed by atoms with E-state index < -0.39 is 20.0 Å². The van der Waals surface area contributed by atoms with Crippen molar-refractivity contribution in [3.8, 4) is 0 Å². The molecule has 2 N–H and O–H groups in total. The fraction of sp³-hybridized carbons (Fsp3) is 0.841. The number of nitrogens with one attached hydrogen (secondary N) is 1. The van der Waals surface area contributed by atoms with E-state index in [1.165, 1.54) is 186 Å². The average Bonchev–Trinajstić information content (AvgIpc) is 3.35. The molecule has 0 bridgehead atoms. The fourth-order valence-electron chi connectivity index (χ4n) is 8.95. The highest BCUT2D eigenvalue weighted by molar-refractivity contribution is 7.47. The molecule has 0 aliphatic heterocycles. The van der Waals surface area contributed by atoms with E-state index in [9.17, 15) is 19.0 Å². The van der Waals surface area contributed by atoms with Crippen LogP contribution in [0.4, 0.5) is 0 Å². The first kappa shape index (κ1) is 71.0. The first-order valence-electron chi connectivity index (χ1n) is 31.0. The van der Waals surface area contributed by atoms with Gasteiger partial charge in [0.15, 0.2) is 0 Å². The van der Waals surface area contributed by atoms with E-state index in [-0.39, 0.29) is 25.1 Å². The van der Waals surface area contributed by atoms with Crippen LogP contribution in [0.5, 0.6) is 0 Å². The Labute approximate surface area is 452 Å². The van der Waals surface area contributed by atoms with Crippen LogP contribution in [0.1, 0.15) is 290 Å². The predicted molar refractivity (Wildman–Crippen MR) is 314 cm³/mol. The van der Waals surface area contributed by atoms with Gasteiger partial charge in [0.05, 0.1) is 33.8 Å². The van der Waals surface area contributed by atoms with Crippen LogP contribution in [0.25, 0.3) is 0 Å². The quantitative estimate of drug-likeness (QED) is 0.0205. The molecule has 0 saturated heterocycles. The van der Waals surface area contributed by atoms with Gasteiger partial charge in [-0.3, -0.25) is 18.6 Å². The van der Waals surface area contributed by atoms with Gasteiger partial charge in [0.25, 0.3) is 0 Å². The third-order valence-electron chi connectivity index (χ3n) is 13.8. The Hall–Kier alpha value is -2.03. The minimum atomic E-state index is -4.44. The van der Waals surface area contributed by atoms with Gasteiger partial charge in [-0.25, -0.2) is 4.57 Å². The summed E-state index contributed by atoms with van der Waals surface area (Å²) in [4.78, 5) is 37.6. The van der Waals surface area contributed by atoms with Crippen molar-refractivity contribution in [1.82, 2.24) is 5.32 Å². The number of unbranched alkanes of at least 4 members (excludes halogenated alkanes) is 34. The Kier molecular flexibility index (Phi) is 51.9. The summed E-state index contributed by atoms with van der Waals surface area (Å²) in [7, 11) is 1.50. The number of carbonyl (C=O) groups excluding carboxylic acids is 2. The maximum Gasteiger partial charge on any atom is 0.472 e. The Balaban J connectivity index is 5.13. The molecule has 0 aromatic carbocycles. The van der Waals surface area contributed by atoms with Gasteiger partial charge in [-0.2, -0.15) is 0 Å². The van der Waals surface area contributed by atoms with Gasteiger partial charge in [-0.15, -0.1) is 0 Å². The summed E-state index contributed by atoms with van der Waals surface area (Å²) in [6.45, 7) is 7.00. The predicted octanol–water partition coefficient (Wildman–Crippen LogP) is 18.9. The summed E-state index contributed by atoms with van der Waals surface area (Å²) < 4.78 is 30.7. The second-order valence-corrected chi connectivity index (χ2v) is 23.7. The lowest BCUT2D eigenvalue weighted by molar-refractivity contribution is -0.870. The van der Waals surface area contributed by atoms with Crippen LogP contribution < -0.4 is 5.32 Å². The molecule has 0 aromatic rings. The molecule has 0 spiro atoms. The number of ether oxygens (including phenoxy) is 1. The Bertz CT molecular complexity index is 1390. The van der Waals surface area contributed by atoms with Crippen LogP contribution in [0.2, 0.25) is 0 Å². The van der Waals surface area contributed by atoms with E-state index >= 15 is 0 Å². The number of carbonyl (C=O) groups is 2. The van der Waals surface area contributed by atoms with E-state index in [0.29, 0.717) is 23.9 Å². The number of amides is 1. The lowest BCUT2D eigenvalue weighted by atomic mass is 10.0. The van der Waals surface area contributed by atoms with E-state index in [1.807, 2.05) is 33.3 Å². The van der Waals surface area contributed by atoms with Crippen LogP contribution in [-0.2, 0) is 27.9 Å². The highest BCUT2D eigenvalue weighted by Crippen LogP contribution is 2.43. The number of phosphoric ester groups is 1. The highest BCUT2D eigenvalue weighted by Gasteiger charge is 2.30. The van der Waals surface area contributed by atoms with Gasteiger partial charge in [0, 0.05) is 12.8 Å². The lowest BCUT2D eigenvalue weighted by Crippen LogP contribution is -2.47. The number of rotatable bonds is 56. The molecule has 9 nitrogen and oxygen atoms in total. The largest absolute Gasteiger partial charge is 0.472 e. The van der Waals surface area contributed by atoms with Crippen molar-refractivity contribution in [2.24, 2.45) is 0 Å². The normalized spacial score (nSPS) is 14.0. The summed E-state index contributed by atoms with van der Waals surface area (Å²) in [6, 6.07) is -0.847. The summed E-state index contributed by atoms with van der Waals surface area (Å²) in [5.41, 5.74) is 0. The van der Waals surface area contributed by atoms with Crippen molar-refractivity contribution in [1.29, 1.82) is 0 Å². The number of allylic oxidation sites excluding steroid dienone is 7. The molecule has 0 radical (unpaired) electrons. The molecule has 1 amide bonds. The van der Waals surface area contributed by atoms with Crippen LogP contribution in [0.15, 0.2) is 48.6 Å². The van der Waals surface area contributed by atoms with Gasteiger partial charge < -0.3 is 19.4 Å². The molecule has 73 heavy (non-hydrogen) atoms. The van der Waals surface area contributed by atoms with Crippen LogP contribution in [0, 0.1) is 0 Å². The van der Waals surface area contributed by atoms with E-state index in [0.717, 1.165) is 70.6 Å². The van der Waals surface area contributed by atoms with Gasteiger partial charge in [0.2, 0.25) is 5.91 Å². The zero-order valence-electron chi connectivity index (χ0n) is 48.9. The molecule has 0 aliphatic rings. The molecular formula is C63H120N2O7P+. The molecular weight excluding hydrogens is 928 g/mol. The molecule has 3 unspecified atom stereocenters. The number of quaternary nitrogens is 1. The molecule has 0 aliphatic carbocycles. The third kappa shape index (κ3) is 54.6. The number of hydrogen-bond acceptors (Lipinski definition) is 6. The van der Waals surface area contributed by atoms with Gasteiger partial charge in [0.1, 0.15) is 19.3 Å². The highest BCUT2D eigenvalue weighted by atomic mass is 31.2. The van der Waals surface area contributed by atoms with Crippen LogP contribution in [0.3, 0.4) is 0 Å². The van der Waals surface area contributed by atoms with Crippen molar-refractivity contribution in [3.63, 3.8) is 0 Å². The minimum Gasteiger partial charge on any atom is -0.456 e. The number of nitrogens with zero attached hydrogens (tertiary/aromatic N) is 1. The number of likely N-dealkylation sites (N-methyl/N-ethyl adjacent to an activating group) is 1. The Morgan fingerprint density at radius 1 is 0.479 bits per heavy atom. The van der Waals surface area contributed by atoms with Gasteiger partial charge in [-0.1, -0.05) is 256 Å². The van der Waals surface area contributed by atoms with Crippen molar-refractivity contribution >= 4 is 19.7 Å². The number of phosphoric acid groups is 1. The summed E-state index contributed by atoms with van der Waals surface area (Å²) in [5, 5.41) is 3.06. The maximum atomic E-state index is 13.5. The molecule has 0 heterocycles. The Morgan fingerprint density at radius 3 is 1.27 bits per heavy atom. The molecule has 0 rings (SSSR count). The number of hydrogen-bond donors (Lipinski definition) is 2. The van der Waals surface area contributed by atoms with E-state index in [1.54, 1.807) is 0 Å². The summed E-state index contributed by atoms with van der Waals surface area (Å²) in [5.74, 6) is -0.501. The lowest BCUT2D eigenvalue weighted by Gasteiger charge is -2.27. The van der Waals surface area contributed by atoms with Crippen molar-refractivity contribution in [3.05, 3.63) is 48.6 Å². The molecule has 10 heteroatoms. The Morgan fingerprint density at radius 2 is 0.836 bits per heavy atom. The number of esters is 1. The van der Waals surface area contributed by atoms with Crippen molar-refractivity contribution in [2.75, 3.05) is 40.9 Å². The summed E-state index contributed by atoms with van der Waals surface area (Å²) in [6.07, 6.45) is 65.3. The molecule has 428 valence electrons. The van der Waals surface area contributed by atoms with Crippen LogP contribution >= 0.6 is 7.82 Å². The SMILES string of the molecule is CCCCC/C=C\C/C=C\C/C=C\CCCCCCCCCCCCC(=O)NC(COP(=O)(O)OCC[N+](C)(C)C)C(/C=C\CCCCCCCCCCC)OC(=O)CCCCCCCCCCCCCCC. The van der Waals surface area contributed by atoms with Crippen LogP contribution in [-0.4, -0.2) is 74.3 Å². The van der Waals surface area contributed by atoms with Crippen molar-refractivity contribution < 1.29 is 37.3 Å². The summed E-state index contributed by atoms with van der Waals surface area (Å²) >= 11 is 0. The average molecular weight is 1050 g/mol. The second kappa shape index (κ2) is 53.4. The minimum absolute atomic E-state index is 0.0405. The zero-order valence-corrected chi connectivity index (χ0v) is 49.8. The van der Waals surface area contributed by atoms with E-state index in [4.69, 9.17) is 13.8 Å². The van der Waals surface area contributed by atoms with Gasteiger partial charge >= 0.3 is 13.8 Å². The fourth-order valence-corrected chi connectivity index (χ4v) is 9.68. The van der Waals surface area contributed by atoms with Gasteiger partial charge in [-0.05, 0) is 70.3 Å². The first-order valence-corrected chi connectivity index (χ1v) is 32.5. The smallest absolute Gasteiger partial charge is 0.456 e. The standard InChI is InChI=1S/C63H119N2O7P/c1-7-10-13-16-19-22-25-27-28-29-30-31-32-33-34-35-36-38-40-43-46-49-52-55-62(66)64-60(59-71-73(68,69)70-58-57-65(4,5)6)61(54-51-48-45-42-39-24-21-18-15-12-9-3)72-63(67)56-53-50-47-44-41-37-26-23-20-17-14-11-8-2/h19,22,27-28,30-31,51,54,60-61H,7-18,20-21,23-26,29,32-50,52-53,55-59H2,1-6H3,(H-,64,66,68,69)/p+1/b22-19-,28-27-,31-30-,54-51-. The molecule has 0 aromatic heterocycles. The van der Waals surface area contributed by atoms with Crippen molar-refractivity contribution in [2.45, 2.75) is 303 Å². The molecule has 0 fully saturated rings. The molecule has 0 saturated carbocycles. The second-order valence-electron chi connectivity index (χ2n) is 22.2. The first-order chi connectivity index (χ1) is 35.4. The van der Waals surface area contributed by atoms with E-state index in [2.05, 4.69) is 62.5 Å². The monoisotopic (exact) mass is 1050 g/mol. The zero-order chi connectivity index (χ0) is 53.6.